The van der Waals surface area contributed by atoms with Crippen LogP contribution in [0.15, 0.2) is 0 Å². The van der Waals surface area contributed by atoms with E-state index in [0.717, 1.165) is 75.5 Å². The summed E-state index contributed by atoms with van der Waals surface area (Å²) in [6.45, 7) is 13.7. The summed E-state index contributed by atoms with van der Waals surface area (Å²) in [7, 11) is 0. The smallest absolute Gasteiger partial charge is 0.306 e. The van der Waals surface area contributed by atoms with E-state index in [-0.39, 0.29) is 31.1 Å². The maximum atomic E-state index is 12.8. The van der Waals surface area contributed by atoms with Crippen LogP contribution in [0.2, 0.25) is 0 Å². The molecule has 0 N–H and O–H groups in total. The van der Waals surface area contributed by atoms with Gasteiger partial charge in [-0.05, 0) is 37.0 Å². The number of carbonyl (C=O) groups is 3. The zero-order valence-corrected chi connectivity index (χ0v) is 41.3. The van der Waals surface area contributed by atoms with E-state index in [0.29, 0.717) is 19.3 Å². The van der Waals surface area contributed by atoms with Crippen molar-refractivity contribution in [1.82, 2.24) is 0 Å². The number of unbranched alkanes of at least 4 members (excludes halogenated alkanes) is 29. The molecule has 0 aliphatic heterocycles. The third-order valence-corrected chi connectivity index (χ3v) is 12.5. The Hall–Kier alpha value is -1.59. The molecular weight excluding hydrogens is 745 g/mol. The van der Waals surface area contributed by atoms with E-state index >= 15 is 0 Å². The standard InChI is InChI=1S/C54H104O6/c1-7-50(6)42-36-30-24-18-13-14-19-25-31-37-43-52(55)58-46-51(47-59-53(56)44-38-32-26-21-15-17-23-29-35-41-49(4)5)60-54(57)45-39-33-27-20-12-10-8-9-11-16-22-28-34-40-48(2)3/h48-51H,7-47H2,1-6H3/t50?,51-/m1/s1. The number of hydrogen-bond acceptors (Lipinski definition) is 6. The zero-order valence-electron chi connectivity index (χ0n) is 41.3. The number of esters is 3. The molecule has 356 valence electrons. The van der Waals surface area contributed by atoms with Gasteiger partial charge in [-0.25, -0.2) is 0 Å². The minimum Gasteiger partial charge on any atom is -0.462 e. The Morgan fingerprint density at radius 1 is 0.333 bits per heavy atom. The second kappa shape index (κ2) is 45.4. The van der Waals surface area contributed by atoms with Gasteiger partial charge in [0.05, 0.1) is 0 Å². The normalized spacial score (nSPS) is 12.6. The van der Waals surface area contributed by atoms with Crippen LogP contribution >= 0.6 is 0 Å². The van der Waals surface area contributed by atoms with Crippen molar-refractivity contribution in [3.8, 4) is 0 Å². The van der Waals surface area contributed by atoms with Gasteiger partial charge in [-0.1, -0.05) is 253 Å². The van der Waals surface area contributed by atoms with E-state index in [4.69, 9.17) is 14.2 Å². The van der Waals surface area contributed by atoms with Gasteiger partial charge in [0.25, 0.3) is 0 Å². The Labute approximate surface area is 374 Å². The van der Waals surface area contributed by atoms with Crippen LogP contribution in [0.3, 0.4) is 0 Å². The molecule has 1 unspecified atom stereocenters. The Bertz CT molecular complexity index is 931. The Morgan fingerprint density at radius 2 is 0.583 bits per heavy atom. The molecule has 0 aromatic heterocycles. The number of hydrogen-bond donors (Lipinski definition) is 0. The second-order valence-electron chi connectivity index (χ2n) is 19.7. The zero-order chi connectivity index (χ0) is 44.2. The molecule has 0 bridgehead atoms. The molecule has 0 heterocycles. The molecule has 0 aliphatic carbocycles. The predicted octanol–water partition coefficient (Wildman–Crippen LogP) is 17.2. The first-order valence-electron chi connectivity index (χ1n) is 26.6. The lowest BCUT2D eigenvalue weighted by Crippen LogP contribution is -2.30. The molecule has 0 saturated heterocycles. The molecule has 0 spiro atoms. The van der Waals surface area contributed by atoms with E-state index in [1.165, 1.54) is 173 Å². The van der Waals surface area contributed by atoms with E-state index < -0.39 is 6.10 Å². The summed E-state index contributed by atoms with van der Waals surface area (Å²) in [6, 6.07) is 0. The van der Waals surface area contributed by atoms with E-state index in [9.17, 15) is 14.4 Å². The van der Waals surface area contributed by atoms with E-state index in [1.54, 1.807) is 0 Å². The van der Waals surface area contributed by atoms with Crippen molar-refractivity contribution >= 4 is 17.9 Å². The van der Waals surface area contributed by atoms with Gasteiger partial charge in [-0.15, -0.1) is 0 Å². The van der Waals surface area contributed by atoms with Crippen LogP contribution in [0.4, 0.5) is 0 Å². The largest absolute Gasteiger partial charge is 0.462 e. The van der Waals surface area contributed by atoms with Crippen molar-refractivity contribution in [2.75, 3.05) is 13.2 Å². The molecule has 0 aliphatic rings. The summed E-state index contributed by atoms with van der Waals surface area (Å²) in [5.41, 5.74) is 0. The quantitative estimate of drug-likeness (QED) is 0.0345. The number of ether oxygens (including phenoxy) is 3. The van der Waals surface area contributed by atoms with Gasteiger partial charge in [0, 0.05) is 19.3 Å². The number of rotatable bonds is 47. The lowest BCUT2D eigenvalue weighted by atomic mass is 9.99. The minimum absolute atomic E-state index is 0.0647. The SMILES string of the molecule is CCC(C)CCCCCCCCCCCCC(=O)OC[C@H](COC(=O)CCCCCCCCCCCC(C)C)OC(=O)CCCCCCCCCCCCCCCC(C)C. The monoisotopic (exact) mass is 849 g/mol. The maximum absolute atomic E-state index is 12.8. The van der Waals surface area contributed by atoms with Crippen LogP contribution in [0.5, 0.6) is 0 Å². The highest BCUT2D eigenvalue weighted by Crippen LogP contribution is 2.18. The summed E-state index contributed by atoms with van der Waals surface area (Å²) in [4.78, 5) is 38.0. The Morgan fingerprint density at radius 3 is 0.867 bits per heavy atom. The third-order valence-electron chi connectivity index (χ3n) is 12.5. The van der Waals surface area contributed by atoms with E-state index in [1.807, 2.05) is 0 Å². The van der Waals surface area contributed by atoms with E-state index in [2.05, 4.69) is 41.5 Å². The summed E-state index contributed by atoms with van der Waals surface area (Å²) < 4.78 is 16.8. The fraction of sp³-hybridized carbons (Fsp3) is 0.944. The maximum Gasteiger partial charge on any atom is 0.306 e. The van der Waals surface area contributed by atoms with Crippen molar-refractivity contribution in [1.29, 1.82) is 0 Å². The molecule has 0 amide bonds. The highest BCUT2D eigenvalue weighted by atomic mass is 16.6. The van der Waals surface area contributed by atoms with Gasteiger partial charge < -0.3 is 14.2 Å². The van der Waals surface area contributed by atoms with Gasteiger partial charge in [0.2, 0.25) is 0 Å². The lowest BCUT2D eigenvalue weighted by molar-refractivity contribution is -0.167. The summed E-state index contributed by atoms with van der Waals surface area (Å²) in [6.07, 6.45) is 45.1. The fourth-order valence-corrected chi connectivity index (χ4v) is 8.08. The van der Waals surface area contributed by atoms with Crippen molar-refractivity contribution in [2.45, 2.75) is 298 Å². The molecule has 0 saturated carbocycles. The average Bonchev–Trinajstić information content (AvgIpc) is 3.22. The van der Waals surface area contributed by atoms with Gasteiger partial charge in [-0.3, -0.25) is 14.4 Å². The lowest BCUT2D eigenvalue weighted by Gasteiger charge is -2.18. The molecule has 60 heavy (non-hydrogen) atoms. The first kappa shape index (κ1) is 58.4. The van der Waals surface area contributed by atoms with Crippen molar-refractivity contribution < 1.29 is 28.6 Å². The summed E-state index contributed by atoms with van der Waals surface area (Å²) >= 11 is 0. The Balaban J connectivity index is 4.32. The highest BCUT2D eigenvalue weighted by Gasteiger charge is 2.19. The first-order chi connectivity index (χ1) is 29.1. The molecule has 6 nitrogen and oxygen atoms in total. The molecule has 0 rings (SSSR count). The fourth-order valence-electron chi connectivity index (χ4n) is 8.08. The average molecular weight is 849 g/mol. The predicted molar refractivity (Wildman–Crippen MR) is 256 cm³/mol. The number of carbonyl (C=O) groups excluding carboxylic acids is 3. The summed E-state index contributed by atoms with van der Waals surface area (Å²) in [5.74, 6) is 1.66. The van der Waals surface area contributed by atoms with Crippen LogP contribution in [0.1, 0.15) is 292 Å². The molecule has 2 atom stereocenters. The minimum atomic E-state index is -0.763. The van der Waals surface area contributed by atoms with Crippen LogP contribution in [0.25, 0.3) is 0 Å². The van der Waals surface area contributed by atoms with Crippen LogP contribution in [-0.2, 0) is 28.6 Å². The van der Waals surface area contributed by atoms with Crippen LogP contribution in [0, 0.1) is 17.8 Å². The van der Waals surface area contributed by atoms with Gasteiger partial charge in [0.15, 0.2) is 6.10 Å². The molecule has 0 aromatic carbocycles. The van der Waals surface area contributed by atoms with Crippen LogP contribution < -0.4 is 0 Å². The second-order valence-corrected chi connectivity index (χ2v) is 19.7. The van der Waals surface area contributed by atoms with Gasteiger partial charge >= 0.3 is 17.9 Å². The molecular formula is C54H104O6. The molecule has 0 aromatic rings. The van der Waals surface area contributed by atoms with Gasteiger partial charge in [0.1, 0.15) is 13.2 Å². The molecule has 0 radical (unpaired) electrons. The van der Waals surface area contributed by atoms with Crippen molar-refractivity contribution in [3.63, 3.8) is 0 Å². The van der Waals surface area contributed by atoms with Gasteiger partial charge in [-0.2, -0.15) is 0 Å². The summed E-state index contributed by atoms with van der Waals surface area (Å²) in [5, 5.41) is 0. The molecule has 0 fully saturated rings. The van der Waals surface area contributed by atoms with Crippen molar-refractivity contribution in [2.24, 2.45) is 17.8 Å². The highest BCUT2D eigenvalue weighted by molar-refractivity contribution is 5.71. The third kappa shape index (κ3) is 45.9. The van der Waals surface area contributed by atoms with Crippen LogP contribution in [-0.4, -0.2) is 37.2 Å². The first-order valence-corrected chi connectivity index (χ1v) is 26.6. The topological polar surface area (TPSA) is 78.9 Å². The molecule has 6 heteroatoms. The Kier molecular flexibility index (Phi) is 44.2. The van der Waals surface area contributed by atoms with Crippen molar-refractivity contribution in [3.05, 3.63) is 0 Å².